The number of Topliss-reactive ketones (excluding diaryl/α,β-unsaturated/α-hetero) is 1. The fourth-order valence-electron chi connectivity index (χ4n) is 3.32. The van der Waals surface area contributed by atoms with Crippen LogP contribution in [0.1, 0.15) is 59.3 Å². The molecule has 0 aliphatic carbocycles. The van der Waals surface area contributed by atoms with Crippen molar-refractivity contribution in [3.8, 4) is 0 Å². The molecule has 1 heterocycles. The van der Waals surface area contributed by atoms with E-state index in [0.29, 0.717) is 38.6 Å². The first kappa shape index (κ1) is 27.8. The van der Waals surface area contributed by atoms with E-state index in [4.69, 9.17) is 5.73 Å². The summed E-state index contributed by atoms with van der Waals surface area (Å²) in [7, 11) is 0. The van der Waals surface area contributed by atoms with Crippen molar-refractivity contribution in [2.45, 2.75) is 71.4 Å². The molecular weight excluding hydrogens is 430 g/mol. The topological polar surface area (TPSA) is 168 Å². The molecule has 11 nitrogen and oxygen atoms in total. The van der Waals surface area contributed by atoms with Gasteiger partial charge in [0.25, 0.3) is 11.8 Å². The van der Waals surface area contributed by atoms with Gasteiger partial charge in [-0.3, -0.25) is 28.9 Å². The van der Waals surface area contributed by atoms with Gasteiger partial charge < -0.3 is 21.7 Å². The van der Waals surface area contributed by atoms with Crippen LogP contribution in [0.15, 0.2) is 12.2 Å². The summed E-state index contributed by atoms with van der Waals surface area (Å²) in [6.45, 7) is 5.56. The van der Waals surface area contributed by atoms with Gasteiger partial charge in [0.2, 0.25) is 11.8 Å². The van der Waals surface area contributed by atoms with Gasteiger partial charge in [0.05, 0.1) is 6.04 Å². The van der Waals surface area contributed by atoms with Crippen LogP contribution in [-0.2, 0) is 24.0 Å². The second-order valence-corrected chi connectivity index (χ2v) is 8.37. The van der Waals surface area contributed by atoms with Gasteiger partial charge in [0.1, 0.15) is 6.04 Å². The van der Waals surface area contributed by atoms with E-state index in [9.17, 15) is 28.8 Å². The highest BCUT2D eigenvalue weighted by Crippen LogP contribution is 2.09. The summed E-state index contributed by atoms with van der Waals surface area (Å²) in [5, 5.41) is 7.84. The smallest absolute Gasteiger partial charge is 0.312 e. The highest BCUT2D eigenvalue weighted by molar-refractivity contribution is 6.12. The first-order chi connectivity index (χ1) is 15.5. The first-order valence-electron chi connectivity index (χ1n) is 11.2. The lowest BCUT2D eigenvalue weighted by Crippen LogP contribution is -2.53. The van der Waals surface area contributed by atoms with Crippen LogP contribution in [0.3, 0.4) is 0 Å². The second-order valence-electron chi connectivity index (χ2n) is 8.37. The van der Waals surface area contributed by atoms with E-state index in [-0.39, 0.29) is 42.4 Å². The molecule has 0 saturated heterocycles. The Bertz CT molecular complexity index is 761. The average molecular weight is 466 g/mol. The summed E-state index contributed by atoms with van der Waals surface area (Å²) < 4.78 is 0. The summed E-state index contributed by atoms with van der Waals surface area (Å²) in [5.41, 5.74) is 5.00. The number of hydrogen-bond donors (Lipinski definition) is 4. The van der Waals surface area contributed by atoms with Gasteiger partial charge in [-0.05, 0) is 38.5 Å². The number of unbranched alkanes of at least 4 members (excludes halogenated alkanes) is 2. The number of nitrogens with zero attached hydrogens (tertiary/aromatic N) is 1. The number of carbonyl (C=O) groups is 6. The van der Waals surface area contributed by atoms with E-state index in [0.717, 1.165) is 4.90 Å². The molecule has 0 saturated carbocycles. The highest BCUT2D eigenvalue weighted by Gasteiger charge is 2.27. The van der Waals surface area contributed by atoms with Gasteiger partial charge in [0, 0.05) is 31.7 Å². The Morgan fingerprint density at radius 3 is 2.15 bits per heavy atom. The molecule has 1 rings (SSSR count). The Hall–Kier alpha value is -3.24. The molecule has 0 aromatic heterocycles. The van der Waals surface area contributed by atoms with Gasteiger partial charge in [-0.15, -0.1) is 0 Å². The van der Waals surface area contributed by atoms with E-state index < -0.39 is 24.0 Å². The standard InChI is InChI=1S/C22H35N5O6/c1-14(2)20(21(32)25-16(15(3)28)8-7-12-24-22(23)33)26-17(29)9-5-4-6-13-27-18(30)10-11-19(27)31/h10-11,14,16,20H,4-9,12-13H2,1-3H3,(H,25,32)(H,26,29)(H3,23,24,33)/t16-,20+/m1/s1. The minimum Gasteiger partial charge on any atom is -0.352 e. The Balaban J connectivity index is 2.43. The highest BCUT2D eigenvalue weighted by atomic mass is 16.2. The molecule has 0 bridgehead atoms. The van der Waals surface area contributed by atoms with Crippen molar-refractivity contribution in [1.82, 2.24) is 20.9 Å². The first-order valence-corrected chi connectivity index (χ1v) is 11.2. The van der Waals surface area contributed by atoms with E-state index >= 15 is 0 Å². The van der Waals surface area contributed by atoms with Gasteiger partial charge in [-0.1, -0.05) is 20.3 Å². The summed E-state index contributed by atoms with van der Waals surface area (Å²) in [6, 6.07) is -2.18. The molecule has 33 heavy (non-hydrogen) atoms. The molecule has 0 radical (unpaired) electrons. The molecule has 11 heteroatoms. The molecule has 184 valence electrons. The fourth-order valence-corrected chi connectivity index (χ4v) is 3.32. The van der Waals surface area contributed by atoms with Gasteiger partial charge in [-0.25, -0.2) is 4.79 Å². The summed E-state index contributed by atoms with van der Waals surface area (Å²) >= 11 is 0. The molecule has 0 aromatic rings. The van der Waals surface area contributed by atoms with Gasteiger partial charge in [-0.2, -0.15) is 0 Å². The van der Waals surface area contributed by atoms with Crippen molar-refractivity contribution in [2.75, 3.05) is 13.1 Å². The van der Waals surface area contributed by atoms with Crippen molar-refractivity contribution < 1.29 is 28.8 Å². The minimum atomic E-state index is -0.797. The molecule has 0 unspecified atom stereocenters. The molecule has 0 aromatic carbocycles. The third kappa shape index (κ3) is 10.3. The van der Waals surface area contributed by atoms with Crippen molar-refractivity contribution >= 4 is 35.4 Å². The molecule has 1 aliphatic rings. The molecule has 0 spiro atoms. The molecular formula is C22H35N5O6. The van der Waals surface area contributed by atoms with Crippen LogP contribution >= 0.6 is 0 Å². The predicted molar refractivity (Wildman–Crippen MR) is 121 cm³/mol. The lowest BCUT2D eigenvalue weighted by atomic mass is 10.0. The van der Waals surface area contributed by atoms with Crippen LogP contribution in [0.2, 0.25) is 0 Å². The Morgan fingerprint density at radius 2 is 1.61 bits per heavy atom. The normalized spacial score (nSPS) is 14.8. The fraction of sp³-hybridized carbons (Fsp3) is 0.636. The number of hydrogen-bond acceptors (Lipinski definition) is 6. The number of imide groups is 1. The number of primary amides is 1. The number of urea groups is 1. The lowest BCUT2D eigenvalue weighted by molar-refractivity contribution is -0.137. The predicted octanol–water partition coefficient (Wildman–Crippen LogP) is 0.135. The van der Waals surface area contributed by atoms with Crippen LogP contribution in [0.5, 0.6) is 0 Å². The average Bonchev–Trinajstić information content (AvgIpc) is 3.05. The van der Waals surface area contributed by atoms with Crippen LogP contribution in [0.4, 0.5) is 4.79 Å². The third-order valence-electron chi connectivity index (χ3n) is 5.23. The number of ketones is 1. The van der Waals surface area contributed by atoms with Crippen molar-refractivity contribution in [1.29, 1.82) is 0 Å². The lowest BCUT2D eigenvalue weighted by Gasteiger charge is -2.24. The number of nitrogens with two attached hydrogens (primary N) is 1. The largest absolute Gasteiger partial charge is 0.352 e. The molecule has 5 N–H and O–H groups in total. The minimum absolute atomic E-state index is 0.197. The van der Waals surface area contributed by atoms with Crippen molar-refractivity contribution in [3.63, 3.8) is 0 Å². The molecule has 1 aliphatic heterocycles. The van der Waals surface area contributed by atoms with E-state index in [1.165, 1.54) is 19.1 Å². The van der Waals surface area contributed by atoms with Crippen LogP contribution < -0.4 is 21.7 Å². The quantitative estimate of drug-likeness (QED) is 0.198. The number of amides is 6. The van der Waals surface area contributed by atoms with E-state index in [2.05, 4.69) is 16.0 Å². The second kappa shape index (κ2) is 14.0. The maximum absolute atomic E-state index is 12.7. The Morgan fingerprint density at radius 1 is 0.970 bits per heavy atom. The maximum Gasteiger partial charge on any atom is 0.312 e. The van der Waals surface area contributed by atoms with Crippen LogP contribution in [0.25, 0.3) is 0 Å². The van der Waals surface area contributed by atoms with Gasteiger partial charge >= 0.3 is 6.03 Å². The monoisotopic (exact) mass is 465 g/mol. The number of rotatable bonds is 15. The summed E-state index contributed by atoms with van der Waals surface area (Å²) in [5.74, 6) is -1.80. The molecule has 6 amide bonds. The zero-order valence-electron chi connectivity index (χ0n) is 19.5. The Labute approximate surface area is 193 Å². The zero-order valence-corrected chi connectivity index (χ0v) is 19.5. The molecule has 0 fully saturated rings. The summed E-state index contributed by atoms with van der Waals surface area (Å²) in [4.78, 5) is 71.8. The number of nitrogens with one attached hydrogen (secondary N) is 3. The Kier molecular flexibility index (Phi) is 11.8. The van der Waals surface area contributed by atoms with Crippen molar-refractivity contribution in [3.05, 3.63) is 12.2 Å². The van der Waals surface area contributed by atoms with E-state index in [1.54, 1.807) is 13.8 Å². The van der Waals surface area contributed by atoms with Crippen LogP contribution in [0, 0.1) is 5.92 Å². The molecule has 2 atom stereocenters. The maximum atomic E-state index is 12.7. The van der Waals surface area contributed by atoms with E-state index in [1.807, 2.05) is 0 Å². The number of carbonyl (C=O) groups excluding carboxylic acids is 6. The van der Waals surface area contributed by atoms with Gasteiger partial charge in [0.15, 0.2) is 5.78 Å². The van der Waals surface area contributed by atoms with Crippen LogP contribution in [-0.4, -0.2) is 65.5 Å². The zero-order chi connectivity index (χ0) is 25.0. The SMILES string of the molecule is CC(=O)[C@@H](CCCNC(N)=O)NC(=O)[C@@H](NC(=O)CCCCCN1C(=O)C=CC1=O)C(C)C. The third-order valence-corrected chi connectivity index (χ3v) is 5.23. The summed E-state index contributed by atoms with van der Waals surface area (Å²) in [6.07, 6.45) is 5.24. The van der Waals surface area contributed by atoms with Crippen molar-refractivity contribution in [2.24, 2.45) is 11.7 Å².